The molecular formula is C12H10F2O3. The highest BCUT2D eigenvalue weighted by Crippen LogP contribution is 2.21. The van der Waals surface area contributed by atoms with E-state index < -0.39 is 17.6 Å². The summed E-state index contributed by atoms with van der Waals surface area (Å²) in [7, 11) is 1.21. The fraction of sp³-hybridized carbons (Fsp3) is 0.250. The number of methoxy groups -OCH3 is 1. The Kier molecular flexibility index (Phi) is 4.46. The molecule has 3 nitrogen and oxygen atoms in total. The minimum atomic E-state index is -1.09. The summed E-state index contributed by atoms with van der Waals surface area (Å²) in [4.78, 5) is 10.9. The highest BCUT2D eigenvalue weighted by atomic mass is 19.2. The topological polar surface area (TPSA) is 35.5 Å². The zero-order valence-electron chi connectivity index (χ0n) is 9.34. The second-order valence-electron chi connectivity index (χ2n) is 2.94. The third-order valence-corrected chi connectivity index (χ3v) is 1.80. The molecule has 90 valence electrons. The first-order valence-corrected chi connectivity index (χ1v) is 4.80. The van der Waals surface area contributed by atoms with Gasteiger partial charge in [-0.2, -0.15) is 4.39 Å². The van der Waals surface area contributed by atoms with Crippen LogP contribution >= 0.6 is 0 Å². The summed E-state index contributed by atoms with van der Waals surface area (Å²) < 4.78 is 35.3. The first kappa shape index (κ1) is 13.0. The Hall–Kier alpha value is -2.09. The van der Waals surface area contributed by atoms with Gasteiger partial charge < -0.3 is 9.47 Å². The van der Waals surface area contributed by atoms with E-state index in [1.807, 2.05) is 0 Å². The molecule has 5 heteroatoms. The molecule has 0 spiro atoms. The summed E-state index contributed by atoms with van der Waals surface area (Å²) in [5.41, 5.74) is 0.133. The minimum absolute atomic E-state index is 0.133. The van der Waals surface area contributed by atoms with E-state index in [1.54, 1.807) is 6.92 Å². The second kappa shape index (κ2) is 5.85. The van der Waals surface area contributed by atoms with Crippen molar-refractivity contribution < 1.29 is 23.0 Å². The summed E-state index contributed by atoms with van der Waals surface area (Å²) in [6.45, 7) is 1.84. The van der Waals surface area contributed by atoms with Gasteiger partial charge >= 0.3 is 5.97 Å². The lowest BCUT2D eigenvalue weighted by Crippen LogP contribution is -2.00. The maximum Gasteiger partial charge on any atom is 0.384 e. The zero-order chi connectivity index (χ0) is 12.8. The Morgan fingerprint density at radius 3 is 2.71 bits per heavy atom. The zero-order valence-corrected chi connectivity index (χ0v) is 9.34. The third kappa shape index (κ3) is 3.45. The van der Waals surface area contributed by atoms with Crippen LogP contribution in [0.15, 0.2) is 12.1 Å². The van der Waals surface area contributed by atoms with E-state index in [2.05, 4.69) is 21.3 Å². The van der Waals surface area contributed by atoms with Crippen molar-refractivity contribution in [3.8, 4) is 17.6 Å². The van der Waals surface area contributed by atoms with Crippen LogP contribution in [0.4, 0.5) is 8.78 Å². The lowest BCUT2D eigenvalue weighted by atomic mass is 10.2. The second-order valence-corrected chi connectivity index (χ2v) is 2.94. The number of carbonyl (C=O) groups excluding carboxylic acids is 1. The number of halogens is 2. The summed E-state index contributed by atoms with van der Waals surface area (Å²) in [6.07, 6.45) is 0. The van der Waals surface area contributed by atoms with Gasteiger partial charge in [-0.05, 0) is 19.1 Å². The molecular weight excluding hydrogens is 230 g/mol. The van der Waals surface area contributed by atoms with Crippen molar-refractivity contribution >= 4 is 5.97 Å². The lowest BCUT2D eigenvalue weighted by molar-refractivity contribution is -0.136. The van der Waals surface area contributed by atoms with Crippen molar-refractivity contribution in [2.75, 3.05) is 13.7 Å². The van der Waals surface area contributed by atoms with E-state index >= 15 is 0 Å². The smallest absolute Gasteiger partial charge is 0.384 e. The molecule has 0 saturated heterocycles. The van der Waals surface area contributed by atoms with Crippen LogP contribution in [-0.4, -0.2) is 19.7 Å². The Bertz CT molecular complexity index is 487. The van der Waals surface area contributed by atoms with Crippen molar-refractivity contribution in [2.24, 2.45) is 0 Å². The van der Waals surface area contributed by atoms with Gasteiger partial charge in [-0.25, -0.2) is 9.18 Å². The Balaban J connectivity index is 3.00. The molecule has 0 atom stereocenters. The van der Waals surface area contributed by atoms with E-state index in [1.165, 1.54) is 13.2 Å². The van der Waals surface area contributed by atoms with Gasteiger partial charge in [0.15, 0.2) is 11.6 Å². The van der Waals surface area contributed by atoms with E-state index in [9.17, 15) is 13.6 Å². The van der Waals surface area contributed by atoms with Crippen molar-refractivity contribution in [1.82, 2.24) is 0 Å². The van der Waals surface area contributed by atoms with Gasteiger partial charge in [0, 0.05) is 11.5 Å². The molecule has 1 aromatic rings. The maximum atomic E-state index is 13.1. The highest BCUT2D eigenvalue weighted by molar-refractivity contribution is 5.89. The van der Waals surface area contributed by atoms with Crippen LogP contribution in [0.2, 0.25) is 0 Å². The molecule has 0 amide bonds. The molecule has 1 rings (SSSR count). The Morgan fingerprint density at radius 1 is 1.41 bits per heavy atom. The fourth-order valence-electron chi connectivity index (χ4n) is 1.07. The van der Waals surface area contributed by atoms with Gasteiger partial charge in [-0.3, -0.25) is 0 Å². The van der Waals surface area contributed by atoms with Crippen LogP contribution in [0.5, 0.6) is 5.75 Å². The average molecular weight is 240 g/mol. The van der Waals surface area contributed by atoms with E-state index in [0.29, 0.717) is 0 Å². The van der Waals surface area contributed by atoms with Gasteiger partial charge in [0.05, 0.1) is 13.7 Å². The van der Waals surface area contributed by atoms with Crippen molar-refractivity contribution in [2.45, 2.75) is 6.92 Å². The van der Waals surface area contributed by atoms with Crippen LogP contribution in [0, 0.1) is 23.5 Å². The lowest BCUT2D eigenvalue weighted by Gasteiger charge is -2.02. The van der Waals surface area contributed by atoms with Crippen LogP contribution in [0.25, 0.3) is 0 Å². The molecule has 0 N–H and O–H groups in total. The van der Waals surface area contributed by atoms with Gasteiger partial charge in [-0.1, -0.05) is 5.92 Å². The molecule has 0 heterocycles. The number of esters is 1. The molecule has 0 aliphatic carbocycles. The number of ether oxygens (including phenoxy) is 2. The number of carbonyl (C=O) groups is 1. The summed E-state index contributed by atoms with van der Waals surface area (Å²) in [6, 6.07) is 2.08. The van der Waals surface area contributed by atoms with E-state index in [0.717, 1.165) is 6.07 Å². The normalized spacial score (nSPS) is 9.18. The first-order valence-electron chi connectivity index (χ1n) is 4.80. The largest absolute Gasteiger partial charge is 0.494 e. The first-order chi connectivity index (χ1) is 8.08. The molecule has 0 aliphatic rings. The predicted octanol–water partition coefficient (Wildman–Crippen LogP) is 1.89. The SMILES string of the molecule is CCOC(=O)C#Cc1cc(F)c(F)c(OC)c1. The van der Waals surface area contributed by atoms with Crippen LogP contribution in [0.1, 0.15) is 12.5 Å². The molecule has 0 bridgehead atoms. The monoisotopic (exact) mass is 240 g/mol. The van der Waals surface area contributed by atoms with E-state index in [-0.39, 0.29) is 17.9 Å². The van der Waals surface area contributed by atoms with Gasteiger partial charge in [0.1, 0.15) is 0 Å². The van der Waals surface area contributed by atoms with Crippen molar-refractivity contribution in [1.29, 1.82) is 0 Å². The Morgan fingerprint density at radius 2 is 2.12 bits per heavy atom. The molecule has 17 heavy (non-hydrogen) atoms. The maximum absolute atomic E-state index is 13.1. The molecule has 0 aromatic heterocycles. The van der Waals surface area contributed by atoms with Crippen molar-refractivity contribution in [3.63, 3.8) is 0 Å². The predicted molar refractivity (Wildman–Crippen MR) is 56.4 cm³/mol. The quantitative estimate of drug-likeness (QED) is 0.585. The van der Waals surface area contributed by atoms with Crippen LogP contribution in [-0.2, 0) is 9.53 Å². The molecule has 0 saturated carbocycles. The van der Waals surface area contributed by atoms with Gasteiger partial charge in [0.25, 0.3) is 0 Å². The fourth-order valence-corrected chi connectivity index (χ4v) is 1.07. The van der Waals surface area contributed by atoms with Crippen LogP contribution < -0.4 is 4.74 Å². The number of rotatable bonds is 2. The minimum Gasteiger partial charge on any atom is -0.494 e. The van der Waals surface area contributed by atoms with Crippen molar-refractivity contribution in [3.05, 3.63) is 29.3 Å². The van der Waals surface area contributed by atoms with E-state index in [4.69, 9.17) is 0 Å². The summed E-state index contributed by atoms with van der Waals surface area (Å²) in [5.74, 6) is 1.34. The molecule has 0 unspecified atom stereocenters. The molecule has 1 aromatic carbocycles. The molecule has 0 radical (unpaired) electrons. The van der Waals surface area contributed by atoms with Gasteiger partial charge in [0.2, 0.25) is 5.82 Å². The number of benzene rings is 1. The van der Waals surface area contributed by atoms with Gasteiger partial charge in [-0.15, -0.1) is 0 Å². The Labute approximate surface area is 97.3 Å². The highest BCUT2D eigenvalue weighted by Gasteiger charge is 2.10. The van der Waals surface area contributed by atoms with Crippen LogP contribution in [0.3, 0.4) is 0 Å². The summed E-state index contributed by atoms with van der Waals surface area (Å²) in [5, 5.41) is 0. The molecule has 0 fully saturated rings. The third-order valence-electron chi connectivity index (χ3n) is 1.80. The number of hydrogen-bond acceptors (Lipinski definition) is 3. The average Bonchev–Trinajstić information content (AvgIpc) is 2.31. The molecule has 0 aliphatic heterocycles. The summed E-state index contributed by atoms with van der Waals surface area (Å²) >= 11 is 0. The standard InChI is InChI=1S/C12H10F2O3/c1-3-17-11(15)5-4-8-6-9(13)12(14)10(7-8)16-2/h6-7H,3H2,1-2H3. The number of hydrogen-bond donors (Lipinski definition) is 0.